The standard InChI is InChI=1S/C24H21BrN2O3/c1-30-24(29)16-11-9-15(10-12-16)23-26-20(17-5-4-6-18(25)13-17)14-21(27-23)19-7-2-3-8-22(19)28/h2-13,21,23,27-28H,14H2,1H3/t21-,23+/m0/s1. The van der Waals surface area contributed by atoms with Crippen LogP contribution in [0.3, 0.4) is 0 Å². The van der Waals surface area contributed by atoms with Gasteiger partial charge in [-0.3, -0.25) is 10.3 Å². The van der Waals surface area contributed by atoms with Crippen LogP contribution in [0.15, 0.2) is 82.3 Å². The molecule has 0 saturated heterocycles. The van der Waals surface area contributed by atoms with Gasteiger partial charge in [0.1, 0.15) is 11.9 Å². The van der Waals surface area contributed by atoms with Gasteiger partial charge in [0.25, 0.3) is 0 Å². The molecule has 6 heteroatoms. The lowest BCUT2D eigenvalue weighted by Crippen LogP contribution is -2.33. The molecule has 0 bridgehead atoms. The number of halogens is 1. The summed E-state index contributed by atoms with van der Waals surface area (Å²) < 4.78 is 5.77. The first-order valence-electron chi connectivity index (χ1n) is 9.60. The molecule has 0 unspecified atom stereocenters. The molecule has 30 heavy (non-hydrogen) atoms. The summed E-state index contributed by atoms with van der Waals surface area (Å²) in [5, 5.41) is 13.9. The molecule has 3 aromatic rings. The number of aliphatic imine (C=N–C) groups is 1. The topological polar surface area (TPSA) is 70.9 Å². The first-order valence-corrected chi connectivity index (χ1v) is 10.4. The van der Waals surface area contributed by atoms with Crippen molar-refractivity contribution in [2.24, 2.45) is 4.99 Å². The van der Waals surface area contributed by atoms with E-state index in [4.69, 9.17) is 9.73 Å². The van der Waals surface area contributed by atoms with E-state index < -0.39 is 0 Å². The summed E-state index contributed by atoms with van der Waals surface area (Å²) in [5.74, 6) is -0.117. The number of para-hydroxylation sites is 1. The lowest BCUT2D eigenvalue weighted by molar-refractivity contribution is 0.0600. The number of esters is 1. The highest BCUT2D eigenvalue weighted by Gasteiger charge is 2.27. The Bertz CT molecular complexity index is 1100. The Hall–Kier alpha value is -2.96. The zero-order chi connectivity index (χ0) is 21.1. The third kappa shape index (κ3) is 4.30. The van der Waals surface area contributed by atoms with Gasteiger partial charge in [-0.05, 0) is 41.5 Å². The Morgan fingerprint density at radius 1 is 1.10 bits per heavy atom. The normalized spacial score (nSPS) is 18.5. The fraction of sp³-hybridized carbons (Fsp3) is 0.167. The fourth-order valence-corrected chi connectivity index (χ4v) is 4.02. The molecule has 2 N–H and O–H groups in total. The molecule has 5 nitrogen and oxygen atoms in total. The molecule has 0 radical (unpaired) electrons. The number of aromatic hydroxyl groups is 1. The summed E-state index contributed by atoms with van der Waals surface area (Å²) in [6.45, 7) is 0. The Labute approximate surface area is 183 Å². The monoisotopic (exact) mass is 464 g/mol. The minimum Gasteiger partial charge on any atom is -0.508 e. The van der Waals surface area contributed by atoms with E-state index in [1.54, 1.807) is 18.2 Å². The Morgan fingerprint density at radius 3 is 2.57 bits per heavy atom. The molecule has 1 aliphatic rings. The zero-order valence-electron chi connectivity index (χ0n) is 16.4. The quantitative estimate of drug-likeness (QED) is 0.522. The predicted octanol–water partition coefficient (Wildman–Crippen LogP) is 5.16. The number of carbonyl (C=O) groups is 1. The van der Waals surface area contributed by atoms with Crippen molar-refractivity contribution in [3.63, 3.8) is 0 Å². The molecule has 0 amide bonds. The number of methoxy groups -OCH3 is 1. The van der Waals surface area contributed by atoms with E-state index in [9.17, 15) is 9.90 Å². The van der Waals surface area contributed by atoms with Gasteiger partial charge < -0.3 is 9.84 Å². The molecule has 0 aromatic heterocycles. The van der Waals surface area contributed by atoms with Gasteiger partial charge in [0, 0.05) is 28.2 Å². The summed E-state index contributed by atoms with van der Waals surface area (Å²) in [4.78, 5) is 16.7. The molecule has 1 aliphatic heterocycles. The highest BCUT2D eigenvalue weighted by molar-refractivity contribution is 9.10. The van der Waals surface area contributed by atoms with Crippen LogP contribution in [-0.2, 0) is 4.74 Å². The predicted molar refractivity (Wildman–Crippen MR) is 120 cm³/mol. The van der Waals surface area contributed by atoms with Crippen molar-refractivity contribution in [3.8, 4) is 5.75 Å². The summed E-state index contributed by atoms with van der Waals surface area (Å²) in [6, 6.07) is 22.5. The van der Waals surface area contributed by atoms with Crippen LogP contribution in [-0.4, -0.2) is 23.9 Å². The second-order valence-electron chi connectivity index (χ2n) is 7.08. The maximum Gasteiger partial charge on any atom is 0.337 e. The van der Waals surface area contributed by atoms with Crippen LogP contribution in [0.25, 0.3) is 0 Å². The molecule has 0 saturated carbocycles. The molecular weight excluding hydrogens is 444 g/mol. The molecule has 152 valence electrons. The number of benzene rings is 3. The second-order valence-corrected chi connectivity index (χ2v) is 8.00. The fourth-order valence-electron chi connectivity index (χ4n) is 3.62. The lowest BCUT2D eigenvalue weighted by Gasteiger charge is -2.31. The molecule has 4 rings (SSSR count). The summed E-state index contributed by atoms with van der Waals surface area (Å²) in [5.41, 5.74) is 4.23. The van der Waals surface area contributed by atoms with Crippen LogP contribution in [0, 0.1) is 0 Å². The van der Waals surface area contributed by atoms with E-state index in [1.807, 2.05) is 54.6 Å². The first kappa shape index (κ1) is 20.3. The number of hydrogen-bond donors (Lipinski definition) is 2. The van der Waals surface area contributed by atoms with Crippen molar-refractivity contribution in [2.75, 3.05) is 7.11 Å². The number of rotatable bonds is 4. The van der Waals surface area contributed by atoms with Crippen LogP contribution in [0.2, 0.25) is 0 Å². The van der Waals surface area contributed by atoms with Crippen molar-refractivity contribution in [2.45, 2.75) is 18.6 Å². The maximum atomic E-state index is 11.7. The van der Waals surface area contributed by atoms with Crippen LogP contribution < -0.4 is 5.32 Å². The lowest BCUT2D eigenvalue weighted by atomic mass is 9.93. The summed E-state index contributed by atoms with van der Waals surface area (Å²) in [6.07, 6.45) is 0.328. The molecule has 1 heterocycles. The molecule has 0 aliphatic carbocycles. The van der Waals surface area contributed by atoms with Crippen molar-refractivity contribution in [1.82, 2.24) is 5.32 Å². The molecule has 3 aromatic carbocycles. The second kappa shape index (κ2) is 8.81. The van der Waals surface area contributed by atoms with Gasteiger partial charge in [-0.1, -0.05) is 58.4 Å². The van der Waals surface area contributed by atoms with Gasteiger partial charge in [0.2, 0.25) is 0 Å². The minimum absolute atomic E-state index is 0.108. The molecular formula is C24H21BrN2O3. The number of nitrogens with one attached hydrogen (secondary N) is 1. The third-order valence-corrected chi connectivity index (χ3v) is 5.65. The van der Waals surface area contributed by atoms with Gasteiger partial charge in [-0.2, -0.15) is 0 Å². The van der Waals surface area contributed by atoms with Gasteiger partial charge in [-0.15, -0.1) is 0 Å². The van der Waals surface area contributed by atoms with E-state index in [1.165, 1.54) is 7.11 Å². The minimum atomic E-state index is -0.372. The number of nitrogens with zero attached hydrogens (tertiary/aromatic N) is 1. The number of phenolic OH excluding ortho intramolecular Hbond substituents is 1. The van der Waals surface area contributed by atoms with Gasteiger partial charge in [0.05, 0.1) is 12.7 Å². The first-order chi connectivity index (χ1) is 14.5. The average Bonchev–Trinajstić information content (AvgIpc) is 2.78. The summed E-state index contributed by atoms with van der Waals surface area (Å²) >= 11 is 3.53. The van der Waals surface area contributed by atoms with Crippen LogP contribution >= 0.6 is 15.9 Å². The van der Waals surface area contributed by atoms with Crippen molar-refractivity contribution in [3.05, 3.63) is 99.5 Å². The Balaban J connectivity index is 1.73. The molecule has 0 spiro atoms. The highest BCUT2D eigenvalue weighted by Crippen LogP contribution is 2.34. The van der Waals surface area contributed by atoms with Gasteiger partial charge in [-0.25, -0.2) is 4.79 Å². The van der Waals surface area contributed by atoms with Crippen LogP contribution in [0.5, 0.6) is 5.75 Å². The molecule has 0 fully saturated rings. The Morgan fingerprint density at radius 2 is 1.87 bits per heavy atom. The number of phenols is 1. The number of hydrogen-bond acceptors (Lipinski definition) is 5. The maximum absolute atomic E-state index is 11.7. The molecule has 2 atom stereocenters. The van der Waals surface area contributed by atoms with Crippen LogP contribution in [0.1, 0.15) is 45.7 Å². The van der Waals surface area contributed by atoms with Crippen LogP contribution in [0.4, 0.5) is 0 Å². The number of carbonyl (C=O) groups excluding carboxylic acids is 1. The van der Waals surface area contributed by atoms with Crippen molar-refractivity contribution < 1.29 is 14.6 Å². The summed E-state index contributed by atoms with van der Waals surface area (Å²) in [7, 11) is 1.37. The zero-order valence-corrected chi connectivity index (χ0v) is 18.0. The third-order valence-electron chi connectivity index (χ3n) is 5.16. The highest BCUT2D eigenvalue weighted by atomic mass is 79.9. The largest absolute Gasteiger partial charge is 0.508 e. The van der Waals surface area contributed by atoms with Crippen molar-refractivity contribution in [1.29, 1.82) is 0 Å². The van der Waals surface area contributed by atoms with Crippen molar-refractivity contribution >= 4 is 27.6 Å². The SMILES string of the molecule is COC(=O)c1ccc([C@@H]2N=C(c3cccc(Br)c3)C[C@@H](c3ccccc3O)N2)cc1. The van der Waals surface area contributed by atoms with E-state index in [0.717, 1.165) is 26.9 Å². The number of ether oxygens (including phenoxy) is 1. The van der Waals surface area contributed by atoms with E-state index >= 15 is 0 Å². The van der Waals surface area contributed by atoms with E-state index in [0.29, 0.717) is 12.0 Å². The van der Waals surface area contributed by atoms with Gasteiger partial charge >= 0.3 is 5.97 Å². The Kier molecular flexibility index (Phi) is 5.97. The van der Waals surface area contributed by atoms with E-state index in [2.05, 4.69) is 21.2 Å². The average molecular weight is 465 g/mol. The smallest absolute Gasteiger partial charge is 0.337 e. The van der Waals surface area contributed by atoms with E-state index in [-0.39, 0.29) is 23.9 Å². The van der Waals surface area contributed by atoms with Gasteiger partial charge in [0.15, 0.2) is 0 Å².